The number of rotatable bonds is 4. The van der Waals surface area contributed by atoms with Crippen molar-refractivity contribution < 1.29 is 9.26 Å². The molecule has 2 unspecified atom stereocenters. The van der Waals surface area contributed by atoms with Crippen molar-refractivity contribution in [2.75, 3.05) is 7.11 Å². The standard InChI is InChI=1S/C15H19N3O2/c1-19-13-4-2-3-10(7-13)8-14-17-15(20-18-14)11-5-6-12(16)9-11/h2-4,7,11-12H,5-6,8-9,16H2,1H3. The van der Waals surface area contributed by atoms with Crippen LogP contribution in [0.15, 0.2) is 28.8 Å². The zero-order chi connectivity index (χ0) is 13.9. The Bertz CT molecular complexity index is 582. The molecule has 20 heavy (non-hydrogen) atoms. The summed E-state index contributed by atoms with van der Waals surface area (Å²) in [5.41, 5.74) is 7.03. The Morgan fingerprint density at radius 3 is 3.05 bits per heavy atom. The lowest BCUT2D eigenvalue weighted by Crippen LogP contribution is -2.14. The maximum atomic E-state index is 5.92. The minimum absolute atomic E-state index is 0.272. The van der Waals surface area contributed by atoms with Gasteiger partial charge in [0.15, 0.2) is 5.82 Å². The molecule has 5 nitrogen and oxygen atoms in total. The zero-order valence-corrected chi connectivity index (χ0v) is 11.6. The number of aromatic nitrogens is 2. The van der Waals surface area contributed by atoms with E-state index in [1.54, 1.807) is 7.11 Å². The first-order valence-corrected chi connectivity index (χ1v) is 6.95. The number of nitrogens with two attached hydrogens (primary N) is 1. The van der Waals surface area contributed by atoms with Crippen molar-refractivity contribution in [2.45, 2.75) is 37.6 Å². The van der Waals surface area contributed by atoms with E-state index in [2.05, 4.69) is 10.1 Å². The van der Waals surface area contributed by atoms with Crippen LogP contribution in [-0.2, 0) is 6.42 Å². The van der Waals surface area contributed by atoms with Gasteiger partial charge in [-0.1, -0.05) is 17.3 Å². The molecule has 3 rings (SSSR count). The first kappa shape index (κ1) is 13.1. The minimum Gasteiger partial charge on any atom is -0.497 e. The molecule has 2 N–H and O–H groups in total. The third kappa shape index (κ3) is 2.82. The molecule has 1 saturated carbocycles. The Balaban J connectivity index is 1.70. The summed E-state index contributed by atoms with van der Waals surface area (Å²) in [6.07, 6.45) is 3.68. The van der Waals surface area contributed by atoms with Gasteiger partial charge < -0.3 is 15.0 Å². The van der Waals surface area contributed by atoms with Gasteiger partial charge in [0, 0.05) is 18.4 Å². The molecule has 1 heterocycles. The average Bonchev–Trinajstić information content (AvgIpc) is 3.08. The quantitative estimate of drug-likeness (QED) is 0.925. The highest BCUT2D eigenvalue weighted by Crippen LogP contribution is 2.32. The Morgan fingerprint density at radius 1 is 1.40 bits per heavy atom. The van der Waals surface area contributed by atoms with Gasteiger partial charge in [-0.3, -0.25) is 0 Å². The Labute approximate surface area is 118 Å². The van der Waals surface area contributed by atoms with E-state index in [0.717, 1.165) is 36.5 Å². The number of hydrogen-bond acceptors (Lipinski definition) is 5. The second-order valence-electron chi connectivity index (χ2n) is 5.35. The lowest BCUT2D eigenvalue weighted by atomic mass is 10.1. The summed E-state index contributed by atoms with van der Waals surface area (Å²) in [5, 5.41) is 4.07. The second kappa shape index (κ2) is 5.63. The topological polar surface area (TPSA) is 74.2 Å². The molecule has 1 fully saturated rings. The van der Waals surface area contributed by atoms with E-state index in [1.165, 1.54) is 0 Å². The fraction of sp³-hybridized carbons (Fsp3) is 0.467. The van der Waals surface area contributed by atoms with E-state index >= 15 is 0 Å². The molecular weight excluding hydrogens is 254 g/mol. The fourth-order valence-electron chi connectivity index (χ4n) is 2.71. The molecule has 2 aromatic rings. The van der Waals surface area contributed by atoms with Crippen LogP contribution in [0, 0.1) is 0 Å². The Hall–Kier alpha value is -1.88. The molecule has 0 radical (unpaired) electrons. The van der Waals surface area contributed by atoms with E-state index in [4.69, 9.17) is 15.0 Å². The monoisotopic (exact) mass is 273 g/mol. The van der Waals surface area contributed by atoms with Crippen LogP contribution in [0.3, 0.4) is 0 Å². The van der Waals surface area contributed by atoms with Crippen LogP contribution >= 0.6 is 0 Å². The molecule has 0 saturated heterocycles. The zero-order valence-electron chi connectivity index (χ0n) is 11.6. The van der Waals surface area contributed by atoms with Gasteiger partial charge in [0.1, 0.15) is 5.75 Å². The lowest BCUT2D eigenvalue weighted by molar-refractivity contribution is 0.350. The van der Waals surface area contributed by atoms with Crippen molar-refractivity contribution in [2.24, 2.45) is 5.73 Å². The minimum atomic E-state index is 0.272. The summed E-state index contributed by atoms with van der Waals surface area (Å²) in [7, 11) is 1.66. The molecule has 5 heteroatoms. The number of methoxy groups -OCH3 is 1. The van der Waals surface area contributed by atoms with E-state index in [-0.39, 0.29) is 6.04 Å². The summed E-state index contributed by atoms with van der Waals surface area (Å²) in [6.45, 7) is 0. The van der Waals surface area contributed by atoms with Crippen LogP contribution in [-0.4, -0.2) is 23.3 Å². The van der Waals surface area contributed by atoms with Gasteiger partial charge in [0.25, 0.3) is 0 Å². The number of hydrogen-bond donors (Lipinski definition) is 1. The van der Waals surface area contributed by atoms with Crippen molar-refractivity contribution in [3.05, 3.63) is 41.5 Å². The number of ether oxygens (including phenoxy) is 1. The highest BCUT2D eigenvalue weighted by Gasteiger charge is 2.27. The van der Waals surface area contributed by atoms with Gasteiger partial charge in [0.05, 0.1) is 7.11 Å². The third-order valence-electron chi connectivity index (χ3n) is 3.80. The van der Waals surface area contributed by atoms with Gasteiger partial charge in [0.2, 0.25) is 5.89 Å². The fourth-order valence-corrected chi connectivity index (χ4v) is 2.71. The van der Waals surface area contributed by atoms with Gasteiger partial charge in [-0.05, 0) is 37.0 Å². The molecule has 0 spiro atoms. The summed E-state index contributed by atoms with van der Waals surface area (Å²) in [4.78, 5) is 4.50. The highest BCUT2D eigenvalue weighted by molar-refractivity contribution is 5.30. The first-order chi connectivity index (χ1) is 9.74. The maximum Gasteiger partial charge on any atom is 0.229 e. The van der Waals surface area contributed by atoms with Crippen molar-refractivity contribution in [3.63, 3.8) is 0 Å². The molecule has 2 atom stereocenters. The van der Waals surface area contributed by atoms with Crippen molar-refractivity contribution in [3.8, 4) is 5.75 Å². The molecule has 0 bridgehead atoms. The highest BCUT2D eigenvalue weighted by atomic mass is 16.5. The van der Waals surface area contributed by atoms with Crippen molar-refractivity contribution in [1.29, 1.82) is 0 Å². The predicted molar refractivity (Wildman–Crippen MR) is 74.7 cm³/mol. The van der Waals surface area contributed by atoms with Crippen LogP contribution in [0.2, 0.25) is 0 Å². The van der Waals surface area contributed by atoms with E-state index in [9.17, 15) is 0 Å². The number of benzene rings is 1. The van der Waals surface area contributed by atoms with Gasteiger partial charge >= 0.3 is 0 Å². The van der Waals surface area contributed by atoms with Crippen LogP contribution in [0.4, 0.5) is 0 Å². The second-order valence-corrected chi connectivity index (χ2v) is 5.35. The lowest BCUT2D eigenvalue weighted by Gasteiger charge is -2.02. The van der Waals surface area contributed by atoms with E-state index < -0.39 is 0 Å². The number of nitrogens with zero attached hydrogens (tertiary/aromatic N) is 2. The van der Waals surface area contributed by atoms with Gasteiger partial charge in [-0.25, -0.2) is 0 Å². The maximum absolute atomic E-state index is 5.92. The molecular formula is C15H19N3O2. The van der Waals surface area contributed by atoms with Crippen molar-refractivity contribution in [1.82, 2.24) is 10.1 Å². The summed E-state index contributed by atoms with van der Waals surface area (Å²) in [6, 6.07) is 8.18. The van der Waals surface area contributed by atoms with E-state index in [0.29, 0.717) is 18.2 Å². The Kier molecular flexibility index (Phi) is 3.69. The Morgan fingerprint density at radius 2 is 2.30 bits per heavy atom. The molecule has 0 aliphatic heterocycles. The van der Waals surface area contributed by atoms with Crippen LogP contribution < -0.4 is 10.5 Å². The molecule has 1 aromatic heterocycles. The molecule has 106 valence electrons. The van der Waals surface area contributed by atoms with Crippen LogP contribution in [0.5, 0.6) is 5.75 Å². The largest absolute Gasteiger partial charge is 0.497 e. The van der Waals surface area contributed by atoms with Crippen LogP contribution in [0.1, 0.15) is 42.5 Å². The first-order valence-electron chi connectivity index (χ1n) is 6.95. The average molecular weight is 273 g/mol. The summed E-state index contributed by atoms with van der Waals surface area (Å²) in [5.74, 6) is 2.62. The van der Waals surface area contributed by atoms with Crippen molar-refractivity contribution >= 4 is 0 Å². The van der Waals surface area contributed by atoms with Gasteiger partial charge in [-0.15, -0.1) is 0 Å². The van der Waals surface area contributed by atoms with Gasteiger partial charge in [-0.2, -0.15) is 4.98 Å². The predicted octanol–water partition coefficient (Wildman–Crippen LogP) is 2.26. The van der Waals surface area contributed by atoms with Crippen LogP contribution in [0.25, 0.3) is 0 Å². The smallest absolute Gasteiger partial charge is 0.229 e. The molecule has 1 aromatic carbocycles. The summed E-state index contributed by atoms with van der Waals surface area (Å²) < 4.78 is 10.6. The van der Waals surface area contributed by atoms with E-state index in [1.807, 2.05) is 24.3 Å². The molecule has 0 amide bonds. The third-order valence-corrected chi connectivity index (χ3v) is 3.80. The molecule has 1 aliphatic rings. The molecule has 1 aliphatic carbocycles. The normalized spacial score (nSPS) is 22.1. The summed E-state index contributed by atoms with van der Waals surface area (Å²) >= 11 is 0. The SMILES string of the molecule is COc1cccc(Cc2noc(C3CCC(N)C3)n2)c1.